The van der Waals surface area contributed by atoms with Gasteiger partial charge in [-0.3, -0.25) is 14.3 Å². The molecule has 1 unspecified atom stereocenters. The highest BCUT2D eigenvalue weighted by Gasteiger charge is 2.15. The van der Waals surface area contributed by atoms with E-state index in [4.69, 9.17) is 4.74 Å². The molecule has 0 radical (unpaired) electrons. The Balaban J connectivity index is 1.65. The minimum Gasteiger partial charge on any atom is -0.497 e. The van der Waals surface area contributed by atoms with E-state index in [0.717, 1.165) is 22.8 Å². The van der Waals surface area contributed by atoms with E-state index in [1.807, 2.05) is 54.8 Å². The topological polar surface area (TPSA) is 81.9 Å². The molecule has 3 rings (SSSR count). The number of nitrogens with one attached hydrogen (secondary N) is 1. The minimum atomic E-state index is -0.104. The summed E-state index contributed by atoms with van der Waals surface area (Å²) in [6.07, 6.45) is 3.46. The number of thioether (sulfide) groups is 1. The molecule has 1 atom stereocenters. The standard InChI is InChI=1S/C19H21N5O2S/c1-13(15-5-4-10-20-11-15)21-18(25)12-27-19-23-22-14(2)24(19)16-6-8-17(26-3)9-7-16/h4-11,13H,12H2,1-3H3,(H,21,25). The summed E-state index contributed by atoms with van der Waals surface area (Å²) >= 11 is 1.35. The van der Waals surface area contributed by atoms with Gasteiger partial charge in [-0.2, -0.15) is 0 Å². The van der Waals surface area contributed by atoms with Gasteiger partial charge in [-0.15, -0.1) is 10.2 Å². The molecule has 0 spiro atoms. The van der Waals surface area contributed by atoms with Crippen LogP contribution in [0.15, 0.2) is 53.9 Å². The van der Waals surface area contributed by atoms with Gasteiger partial charge in [-0.05, 0) is 49.7 Å². The second kappa shape index (κ2) is 8.68. The maximum absolute atomic E-state index is 12.3. The number of carbonyl (C=O) groups is 1. The number of amides is 1. The molecule has 1 N–H and O–H groups in total. The molecule has 2 heterocycles. The number of carbonyl (C=O) groups excluding carboxylic acids is 1. The van der Waals surface area contributed by atoms with Crippen LogP contribution in [0.4, 0.5) is 0 Å². The van der Waals surface area contributed by atoms with Crippen LogP contribution in [-0.4, -0.2) is 38.5 Å². The van der Waals surface area contributed by atoms with Crippen LogP contribution in [0, 0.1) is 6.92 Å². The largest absolute Gasteiger partial charge is 0.497 e. The Kier molecular flexibility index (Phi) is 6.08. The molecule has 0 aliphatic rings. The number of pyridine rings is 1. The van der Waals surface area contributed by atoms with Crippen LogP contribution in [0.3, 0.4) is 0 Å². The van der Waals surface area contributed by atoms with Crippen molar-refractivity contribution in [1.29, 1.82) is 0 Å². The van der Waals surface area contributed by atoms with E-state index in [1.54, 1.807) is 19.5 Å². The van der Waals surface area contributed by atoms with Gasteiger partial charge in [-0.25, -0.2) is 0 Å². The van der Waals surface area contributed by atoms with Gasteiger partial charge in [-0.1, -0.05) is 17.8 Å². The Labute approximate surface area is 162 Å². The van der Waals surface area contributed by atoms with Gasteiger partial charge < -0.3 is 10.1 Å². The molecule has 0 aliphatic heterocycles. The van der Waals surface area contributed by atoms with Crippen LogP contribution in [-0.2, 0) is 4.79 Å². The predicted molar refractivity (Wildman–Crippen MR) is 104 cm³/mol. The third-order valence-corrected chi connectivity index (χ3v) is 4.95. The Morgan fingerprint density at radius 2 is 2.04 bits per heavy atom. The SMILES string of the molecule is COc1ccc(-n2c(C)nnc2SCC(=O)NC(C)c2cccnc2)cc1. The van der Waals surface area contributed by atoms with Gasteiger partial charge >= 0.3 is 0 Å². The van der Waals surface area contributed by atoms with Crippen LogP contribution >= 0.6 is 11.8 Å². The average molecular weight is 383 g/mol. The third kappa shape index (κ3) is 4.65. The lowest BCUT2D eigenvalue weighted by Gasteiger charge is -2.14. The highest BCUT2D eigenvalue weighted by atomic mass is 32.2. The fraction of sp³-hybridized carbons (Fsp3) is 0.263. The summed E-state index contributed by atoms with van der Waals surface area (Å²) in [6, 6.07) is 11.3. The van der Waals surface area contributed by atoms with Gasteiger partial charge in [0.05, 0.1) is 18.9 Å². The van der Waals surface area contributed by atoms with Crippen molar-refractivity contribution in [2.45, 2.75) is 25.0 Å². The van der Waals surface area contributed by atoms with Crippen LogP contribution in [0.2, 0.25) is 0 Å². The smallest absolute Gasteiger partial charge is 0.230 e. The molecule has 8 heteroatoms. The van der Waals surface area contributed by atoms with Crippen LogP contribution < -0.4 is 10.1 Å². The van der Waals surface area contributed by atoms with Crippen molar-refractivity contribution in [3.8, 4) is 11.4 Å². The summed E-state index contributed by atoms with van der Waals surface area (Å²) in [5.41, 5.74) is 1.89. The molecule has 2 aromatic heterocycles. The minimum absolute atomic E-state index is 0.0710. The van der Waals surface area contributed by atoms with Gasteiger partial charge in [0, 0.05) is 18.1 Å². The highest BCUT2D eigenvalue weighted by Crippen LogP contribution is 2.23. The second-order valence-corrected chi connectivity index (χ2v) is 6.87. The zero-order valence-electron chi connectivity index (χ0n) is 15.4. The summed E-state index contributed by atoms with van der Waals surface area (Å²) in [7, 11) is 1.63. The Morgan fingerprint density at radius 3 is 2.70 bits per heavy atom. The number of nitrogens with zero attached hydrogens (tertiary/aromatic N) is 4. The Hall–Kier alpha value is -2.87. The molecule has 140 valence electrons. The molecule has 7 nitrogen and oxygen atoms in total. The quantitative estimate of drug-likeness (QED) is 0.632. The van der Waals surface area contributed by atoms with E-state index in [1.165, 1.54) is 11.8 Å². The molecule has 3 aromatic rings. The maximum Gasteiger partial charge on any atom is 0.230 e. The zero-order chi connectivity index (χ0) is 19.2. The van der Waals surface area contributed by atoms with Gasteiger partial charge in [0.15, 0.2) is 5.16 Å². The lowest BCUT2D eigenvalue weighted by molar-refractivity contribution is -0.119. The van der Waals surface area contributed by atoms with E-state index in [-0.39, 0.29) is 17.7 Å². The number of rotatable bonds is 7. The number of hydrogen-bond donors (Lipinski definition) is 1. The first kappa shape index (κ1) is 18.9. The van der Waals surface area contributed by atoms with Crippen molar-refractivity contribution in [3.63, 3.8) is 0 Å². The van der Waals surface area contributed by atoms with E-state index in [2.05, 4.69) is 20.5 Å². The summed E-state index contributed by atoms with van der Waals surface area (Å²) in [4.78, 5) is 16.4. The predicted octanol–water partition coefficient (Wildman–Crippen LogP) is 2.95. The summed E-state index contributed by atoms with van der Waals surface area (Å²) < 4.78 is 7.11. The maximum atomic E-state index is 12.3. The van der Waals surface area contributed by atoms with Gasteiger partial charge in [0.25, 0.3) is 0 Å². The lowest BCUT2D eigenvalue weighted by atomic mass is 10.1. The monoisotopic (exact) mass is 383 g/mol. The number of ether oxygens (including phenoxy) is 1. The first-order chi connectivity index (χ1) is 13.1. The average Bonchev–Trinajstić information content (AvgIpc) is 3.07. The van der Waals surface area contributed by atoms with Crippen molar-refractivity contribution in [1.82, 2.24) is 25.1 Å². The number of benzene rings is 1. The van der Waals surface area contributed by atoms with Crippen LogP contribution in [0.25, 0.3) is 5.69 Å². The second-order valence-electron chi connectivity index (χ2n) is 5.93. The fourth-order valence-electron chi connectivity index (χ4n) is 2.59. The molecule has 0 saturated carbocycles. The molecule has 1 aromatic carbocycles. The van der Waals surface area contributed by atoms with Crippen molar-refractivity contribution in [2.24, 2.45) is 0 Å². The van der Waals surface area contributed by atoms with E-state index in [9.17, 15) is 4.79 Å². The summed E-state index contributed by atoms with van der Waals surface area (Å²) in [5.74, 6) is 1.71. The van der Waals surface area contributed by atoms with Gasteiger partial charge in [0.2, 0.25) is 5.91 Å². The number of aryl methyl sites for hydroxylation is 1. The van der Waals surface area contributed by atoms with Crippen LogP contribution in [0.5, 0.6) is 5.75 Å². The number of hydrogen-bond acceptors (Lipinski definition) is 6. The van der Waals surface area contributed by atoms with Crippen molar-refractivity contribution in [3.05, 3.63) is 60.2 Å². The molecule has 0 aliphatic carbocycles. The normalized spacial score (nSPS) is 11.8. The van der Waals surface area contributed by atoms with E-state index in [0.29, 0.717) is 5.16 Å². The van der Waals surface area contributed by atoms with E-state index >= 15 is 0 Å². The first-order valence-electron chi connectivity index (χ1n) is 8.47. The number of methoxy groups -OCH3 is 1. The Bertz CT molecular complexity index is 896. The molecule has 0 saturated heterocycles. The van der Waals surface area contributed by atoms with E-state index < -0.39 is 0 Å². The Morgan fingerprint density at radius 1 is 1.26 bits per heavy atom. The first-order valence-corrected chi connectivity index (χ1v) is 9.45. The van der Waals surface area contributed by atoms with Crippen molar-refractivity contribution in [2.75, 3.05) is 12.9 Å². The highest BCUT2D eigenvalue weighted by molar-refractivity contribution is 7.99. The number of aromatic nitrogens is 4. The molecule has 0 bridgehead atoms. The summed E-state index contributed by atoms with van der Waals surface area (Å²) in [5, 5.41) is 12.0. The molecular formula is C19H21N5O2S. The fourth-order valence-corrected chi connectivity index (χ4v) is 3.40. The lowest BCUT2D eigenvalue weighted by Crippen LogP contribution is -2.28. The summed E-state index contributed by atoms with van der Waals surface area (Å²) in [6.45, 7) is 3.81. The molecule has 1 amide bonds. The molecule has 27 heavy (non-hydrogen) atoms. The van der Waals surface area contributed by atoms with Crippen LogP contribution in [0.1, 0.15) is 24.4 Å². The zero-order valence-corrected chi connectivity index (χ0v) is 16.2. The van der Waals surface area contributed by atoms with Gasteiger partial charge in [0.1, 0.15) is 11.6 Å². The van der Waals surface area contributed by atoms with Crippen molar-refractivity contribution >= 4 is 17.7 Å². The third-order valence-electron chi connectivity index (χ3n) is 4.02. The molecule has 0 fully saturated rings. The van der Waals surface area contributed by atoms with Crippen molar-refractivity contribution < 1.29 is 9.53 Å². The molecular weight excluding hydrogens is 362 g/mol.